The molecule has 0 unspecified atom stereocenters. The number of pyridine rings is 1. The molecule has 0 spiro atoms. The van der Waals surface area contributed by atoms with Crippen LogP contribution in [0.15, 0.2) is 42.7 Å². The third kappa shape index (κ3) is 2.54. The van der Waals surface area contributed by atoms with Crippen molar-refractivity contribution in [3.63, 3.8) is 0 Å². The van der Waals surface area contributed by atoms with Crippen molar-refractivity contribution in [2.75, 3.05) is 0 Å². The molecule has 0 bridgehead atoms. The predicted molar refractivity (Wildman–Crippen MR) is 81.6 cm³/mol. The molecule has 110 valence electrons. The molecule has 22 heavy (non-hydrogen) atoms. The SMILES string of the molecule is O=C(O)c1nnn(-c2cc(Cl)ccc2Cl)c1-c1ccncc1. The summed E-state index contributed by atoms with van der Waals surface area (Å²) < 4.78 is 1.35. The number of carboxylic acids is 1. The number of hydrogen-bond acceptors (Lipinski definition) is 4. The number of nitrogens with zero attached hydrogens (tertiary/aromatic N) is 4. The maximum absolute atomic E-state index is 11.4. The minimum absolute atomic E-state index is 0.178. The number of hydrogen-bond donors (Lipinski definition) is 1. The summed E-state index contributed by atoms with van der Waals surface area (Å²) in [6.45, 7) is 0. The lowest BCUT2D eigenvalue weighted by atomic mass is 10.1. The van der Waals surface area contributed by atoms with E-state index in [1.807, 2.05) is 0 Å². The summed E-state index contributed by atoms with van der Waals surface area (Å²) in [6.07, 6.45) is 3.11. The van der Waals surface area contributed by atoms with Gasteiger partial charge in [-0.05, 0) is 30.3 Å². The number of carbonyl (C=O) groups is 1. The van der Waals surface area contributed by atoms with E-state index < -0.39 is 5.97 Å². The van der Waals surface area contributed by atoms with Gasteiger partial charge >= 0.3 is 5.97 Å². The van der Waals surface area contributed by atoms with Crippen LogP contribution in [0.1, 0.15) is 10.5 Å². The quantitative estimate of drug-likeness (QED) is 0.794. The molecule has 6 nitrogen and oxygen atoms in total. The minimum Gasteiger partial charge on any atom is -0.476 e. The summed E-state index contributed by atoms with van der Waals surface area (Å²) in [5.74, 6) is -1.18. The number of rotatable bonds is 3. The Labute approximate surface area is 134 Å². The van der Waals surface area contributed by atoms with Gasteiger partial charge in [-0.25, -0.2) is 9.48 Å². The van der Waals surface area contributed by atoms with Gasteiger partial charge in [0.15, 0.2) is 5.69 Å². The summed E-state index contributed by atoms with van der Waals surface area (Å²) in [6, 6.07) is 8.17. The van der Waals surface area contributed by atoms with E-state index in [2.05, 4.69) is 15.3 Å². The fourth-order valence-corrected chi connectivity index (χ4v) is 2.38. The van der Waals surface area contributed by atoms with Crippen LogP contribution in [0.25, 0.3) is 16.9 Å². The molecule has 0 aliphatic rings. The van der Waals surface area contributed by atoms with Crippen molar-refractivity contribution < 1.29 is 9.90 Å². The van der Waals surface area contributed by atoms with Crippen molar-refractivity contribution in [1.29, 1.82) is 0 Å². The lowest BCUT2D eigenvalue weighted by Crippen LogP contribution is -2.03. The molecule has 0 aliphatic carbocycles. The lowest BCUT2D eigenvalue weighted by molar-refractivity contribution is 0.0691. The first-order valence-electron chi connectivity index (χ1n) is 6.12. The zero-order chi connectivity index (χ0) is 15.7. The van der Waals surface area contributed by atoms with Crippen LogP contribution in [0.5, 0.6) is 0 Å². The molecule has 2 heterocycles. The first-order chi connectivity index (χ1) is 10.6. The largest absolute Gasteiger partial charge is 0.476 e. The van der Waals surface area contributed by atoms with Gasteiger partial charge in [0.25, 0.3) is 0 Å². The van der Waals surface area contributed by atoms with Crippen LogP contribution in [0.3, 0.4) is 0 Å². The molecule has 1 aromatic carbocycles. The smallest absolute Gasteiger partial charge is 0.358 e. The maximum Gasteiger partial charge on any atom is 0.358 e. The summed E-state index contributed by atoms with van der Waals surface area (Å²) in [5.41, 5.74) is 1.18. The van der Waals surface area contributed by atoms with E-state index in [9.17, 15) is 9.90 Å². The molecule has 0 saturated carbocycles. The van der Waals surface area contributed by atoms with Crippen LogP contribution in [0.2, 0.25) is 10.0 Å². The summed E-state index contributed by atoms with van der Waals surface area (Å²) >= 11 is 12.2. The van der Waals surface area contributed by atoms with E-state index in [4.69, 9.17) is 23.2 Å². The molecular weight excluding hydrogens is 327 g/mol. The number of aromatic nitrogens is 4. The van der Waals surface area contributed by atoms with Crippen molar-refractivity contribution in [1.82, 2.24) is 20.0 Å². The van der Waals surface area contributed by atoms with E-state index in [1.165, 1.54) is 4.68 Å². The second kappa shape index (κ2) is 5.75. The summed E-state index contributed by atoms with van der Waals surface area (Å²) in [5, 5.41) is 17.8. The Hall–Kier alpha value is -2.44. The van der Waals surface area contributed by atoms with Gasteiger partial charge in [0.2, 0.25) is 0 Å². The average Bonchev–Trinajstić information content (AvgIpc) is 2.95. The van der Waals surface area contributed by atoms with Crippen molar-refractivity contribution in [3.05, 3.63) is 58.5 Å². The Bertz CT molecular complexity index is 849. The maximum atomic E-state index is 11.4. The van der Waals surface area contributed by atoms with Gasteiger partial charge in [0, 0.05) is 23.0 Å². The third-order valence-electron chi connectivity index (χ3n) is 2.96. The third-order valence-corrected chi connectivity index (χ3v) is 3.52. The lowest BCUT2D eigenvalue weighted by Gasteiger charge is -2.09. The molecule has 0 saturated heterocycles. The molecule has 0 aliphatic heterocycles. The fraction of sp³-hybridized carbons (Fsp3) is 0. The van der Waals surface area contributed by atoms with Gasteiger partial charge in [-0.2, -0.15) is 0 Å². The average molecular weight is 335 g/mol. The van der Waals surface area contributed by atoms with Crippen LogP contribution >= 0.6 is 23.2 Å². The van der Waals surface area contributed by atoms with Gasteiger partial charge in [-0.3, -0.25) is 4.98 Å². The highest BCUT2D eigenvalue weighted by Crippen LogP contribution is 2.30. The van der Waals surface area contributed by atoms with Gasteiger partial charge in [-0.15, -0.1) is 5.10 Å². The zero-order valence-corrected chi connectivity index (χ0v) is 12.5. The monoisotopic (exact) mass is 334 g/mol. The Balaban J connectivity index is 2.30. The van der Waals surface area contributed by atoms with Crippen molar-refractivity contribution in [2.45, 2.75) is 0 Å². The predicted octanol–water partition coefficient (Wildman–Crippen LogP) is 3.33. The molecule has 3 rings (SSSR count). The molecule has 3 aromatic rings. The zero-order valence-electron chi connectivity index (χ0n) is 10.9. The first-order valence-corrected chi connectivity index (χ1v) is 6.88. The van der Waals surface area contributed by atoms with Crippen molar-refractivity contribution >= 4 is 29.2 Å². The van der Waals surface area contributed by atoms with E-state index >= 15 is 0 Å². The number of benzene rings is 1. The Morgan fingerprint density at radius 3 is 2.55 bits per heavy atom. The molecule has 8 heteroatoms. The second-order valence-electron chi connectivity index (χ2n) is 4.34. The number of carboxylic acid groups (broad SMARTS) is 1. The molecule has 0 radical (unpaired) electrons. The summed E-state index contributed by atoms with van der Waals surface area (Å²) in [4.78, 5) is 15.3. The second-order valence-corrected chi connectivity index (χ2v) is 5.18. The highest BCUT2D eigenvalue weighted by molar-refractivity contribution is 6.34. The highest BCUT2D eigenvalue weighted by atomic mass is 35.5. The highest BCUT2D eigenvalue weighted by Gasteiger charge is 2.22. The molecular formula is C14H8Cl2N4O2. The van der Waals surface area contributed by atoms with Gasteiger partial charge in [0.05, 0.1) is 10.7 Å². The van der Waals surface area contributed by atoms with Crippen LogP contribution < -0.4 is 0 Å². The molecule has 0 atom stereocenters. The Morgan fingerprint density at radius 2 is 1.86 bits per heavy atom. The van der Waals surface area contributed by atoms with Crippen LogP contribution in [0.4, 0.5) is 0 Å². The molecule has 0 fully saturated rings. The van der Waals surface area contributed by atoms with Gasteiger partial charge in [-0.1, -0.05) is 28.4 Å². The number of aromatic carboxylic acids is 1. The van der Waals surface area contributed by atoms with Crippen LogP contribution in [0, 0.1) is 0 Å². The molecule has 1 N–H and O–H groups in total. The van der Waals surface area contributed by atoms with Crippen molar-refractivity contribution in [2.24, 2.45) is 0 Å². The van der Waals surface area contributed by atoms with Gasteiger partial charge < -0.3 is 5.11 Å². The normalized spacial score (nSPS) is 10.6. The van der Waals surface area contributed by atoms with Crippen LogP contribution in [-0.2, 0) is 0 Å². The van der Waals surface area contributed by atoms with Crippen LogP contribution in [-0.4, -0.2) is 31.1 Å². The fourth-order valence-electron chi connectivity index (χ4n) is 2.01. The van der Waals surface area contributed by atoms with E-state index in [0.717, 1.165) is 0 Å². The molecule has 0 amide bonds. The minimum atomic E-state index is -1.18. The van der Waals surface area contributed by atoms with E-state index in [1.54, 1.807) is 42.7 Å². The first kappa shape index (κ1) is 14.5. The van der Waals surface area contributed by atoms with Crippen molar-refractivity contribution in [3.8, 4) is 16.9 Å². The summed E-state index contributed by atoms with van der Waals surface area (Å²) in [7, 11) is 0. The van der Waals surface area contributed by atoms with E-state index in [-0.39, 0.29) is 5.69 Å². The topological polar surface area (TPSA) is 80.9 Å². The Kier molecular flexibility index (Phi) is 3.79. The van der Waals surface area contributed by atoms with Gasteiger partial charge in [0.1, 0.15) is 5.69 Å². The van der Waals surface area contributed by atoms with E-state index in [0.29, 0.717) is 27.0 Å². The number of halogens is 2. The standard InChI is InChI=1S/C14H8Cl2N4O2/c15-9-1-2-10(16)11(7-9)20-13(8-3-5-17-6-4-8)12(14(21)22)18-19-20/h1-7H,(H,21,22). The molecule has 2 aromatic heterocycles. The Morgan fingerprint density at radius 1 is 1.14 bits per heavy atom.